The van der Waals surface area contributed by atoms with Gasteiger partial charge in [0, 0.05) is 44.4 Å². The molecule has 3 heterocycles. The molecule has 2 aromatic rings. The van der Waals surface area contributed by atoms with Gasteiger partial charge in [-0.15, -0.1) is 0 Å². The number of rotatable bonds is 4. The van der Waals surface area contributed by atoms with E-state index in [1.807, 2.05) is 49.1 Å². The van der Waals surface area contributed by atoms with Gasteiger partial charge in [0.1, 0.15) is 23.4 Å². The Morgan fingerprint density at radius 2 is 1.90 bits per heavy atom. The van der Waals surface area contributed by atoms with Gasteiger partial charge in [-0.3, -0.25) is 14.5 Å². The number of carbonyl (C=O) groups is 2. The predicted molar refractivity (Wildman–Crippen MR) is 118 cm³/mol. The number of benzene rings is 1. The number of nitrogens with zero attached hydrogens (tertiary/aromatic N) is 5. The van der Waals surface area contributed by atoms with Crippen LogP contribution in [0.3, 0.4) is 0 Å². The zero-order valence-electron chi connectivity index (χ0n) is 18.5. The second kappa shape index (κ2) is 8.53. The maximum absolute atomic E-state index is 13.3. The molecule has 2 aliphatic heterocycles. The van der Waals surface area contributed by atoms with Crippen LogP contribution in [0.5, 0.6) is 5.75 Å². The minimum atomic E-state index is -0.615. The van der Waals surface area contributed by atoms with Gasteiger partial charge in [-0.25, -0.2) is 9.97 Å². The van der Waals surface area contributed by atoms with E-state index in [4.69, 9.17) is 4.74 Å². The molecule has 1 aromatic heterocycles. The Hall–Kier alpha value is -3.16. The number of hydrogen-bond donors (Lipinski definition) is 0. The van der Waals surface area contributed by atoms with Crippen molar-refractivity contribution in [3.63, 3.8) is 0 Å². The Labute approximate surface area is 182 Å². The third kappa shape index (κ3) is 4.06. The lowest BCUT2D eigenvalue weighted by molar-refractivity contribution is -0.136. The Morgan fingerprint density at radius 1 is 1.19 bits per heavy atom. The van der Waals surface area contributed by atoms with Crippen LogP contribution < -0.4 is 14.5 Å². The molecule has 164 valence electrons. The molecule has 0 N–H and O–H groups in total. The van der Waals surface area contributed by atoms with Crippen molar-refractivity contribution in [3.05, 3.63) is 41.9 Å². The summed E-state index contributed by atoms with van der Waals surface area (Å²) < 4.78 is 5.71. The van der Waals surface area contributed by atoms with Crippen molar-refractivity contribution in [2.75, 3.05) is 36.0 Å². The van der Waals surface area contributed by atoms with Gasteiger partial charge in [-0.2, -0.15) is 0 Å². The van der Waals surface area contributed by atoms with E-state index < -0.39 is 12.1 Å². The molecule has 1 fully saturated rings. The third-order valence-corrected chi connectivity index (χ3v) is 5.88. The second-order valence-corrected chi connectivity index (χ2v) is 8.06. The highest BCUT2D eigenvalue weighted by Gasteiger charge is 2.38. The normalized spacial score (nSPS) is 19.7. The summed E-state index contributed by atoms with van der Waals surface area (Å²) in [4.78, 5) is 40.9. The van der Waals surface area contributed by atoms with Crippen LogP contribution >= 0.6 is 0 Å². The average Bonchev–Trinajstić information content (AvgIpc) is 2.78. The maximum Gasteiger partial charge on any atom is 0.268 e. The number of para-hydroxylation sites is 2. The van der Waals surface area contributed by atoms with Gasteiger partial charge in [0.25, 0.3) is 5.91 Å². The van der Waals surface area contributed by atoms with E-state index in [-0.39, 0.29) is 11.8 Å². The van der Waals surface area contributed by atoms with Gasteiger partial charge in [0.05, 0.1) is 5.69 Å². The van der Waals surface area contributed by atoms with Gasteiger partial charge < -0.3 is 14.5 Å². The molecule has 0 aliphatic carbocycles. The average molecular weight is 424 g/mol. The topological polar surface area (TPSA) is 78.9 Å². The number of carbonyl (C=O) groups excluding carboxylic acids is 2. The van der Waals surface area contributed by atoms with Gasteiger partial charge in [-0.1, -0.05) is 19.1 Å². The van der Waals surface area contributed by atoms with E-state index >= 15 is 0 Å². The number of fused-ring (bicyclic) bond motifs is 1. The SMILES string of the molecule is CCc1nc(C)cc(N2CCN(C(=O)[C@@H](C)N3C(=O)[C@H](C)Oc4ccccc43)CC2)n1. The summed E-state index contributed by atoms with van der Waals surface area (Å²) in [5.41, 5.74) is 1.60. The molecule has 0 bridgehead atoms. The fraction of sp³-hybridized carbons (Fsp3) is 0.478. The van der Waals surface area contributed by atoms with Gasteiger partial charge in [0.2, 0.25) is 5.91 Å². The van der Waals surface area contributed by atoms with E-state index in [0.29, 0.717) is 37.6 Å². The lowest BCUT2D eigenvalue weighted by Crippen LogP contribution is -2.58. The first-order valence-corrected chi connectivity index (χ1v) is 10.9. The molecule has 0 spiro atoms. The Morgan fingerprint density at radius 3 is 2.61 bits per heavy atom. The zero-order chi connectivity index (χ0) is 22.1. The van der Waals surface area contributed by atoms with Crippen LogP contribution in [-0.4, -0.2) is 65.0 Å². The van der Waals surface area contributed by atoms with E-state index in [2.05, 4.69) is 14.9 Å². The standard InChI is InChI=1S/C23H29N5O3/c1-5-20-24-15(2)14-21(25-20)26-10-12-27(13-11-26)22(29)16(3)28-18-8-6-7-9-19(18)31-17(4)23(28)30/h6-9,14,16-17H,5,10-13H2,1-4H3/t16-,17+/m1/s1. The number of anilines is 2. The summed E-state index contributed by atoms with van der Waals surface area (Å²) in [6, 6.07) is 8.76. The van der Waals surface area contributed by atoms with Crippen LogP contribution in [0.15, 0.2) is 30.3 Å². The molecule has 1 saturated heterocycles. The van der Waals surface area contributed by atoms with Crippen molar-refractivity contribution in [2.24, 2.45) is 0 Å². The molecule has 0 saturated carbocycles. The highest BCUT2D eigenvalue weighted by molar-refractivity contribution is 6.05. The number of amides is 2. The second-order valence-electron chi connectivity index (χ2n) is 8.06. The smallest absolute Gasteiger partial charge is 0.268 e. The number of hydrogen-bond acceptors (Lipinski definition) is 6. The summed E-state index contributed by atoms with van der Waals surface area (Å²) in [5.74, 6) is 2.13. The quantitative estimate of drug-likeness (QED) is 0.750. The lowest BCUT2D eigenvalue weighted by atomic mass is 10.1. The summed E-state index contributed by atoms with van der Waals surface area (Å²) in [5, 5.41) is 0. The first-order valence-electron chi connectivity index (χ1n) is 10.9. The van der Waals surface area contributed by atoms with Crippen LogP contribution in [0.4, 0.5) is 11.5 Å². The van der Waals surface area contributed by atoms with Crippen LogP contribution in [-0.2, 0) is 16.0 Å². The van der Waals surface area contributed by atoms with Crippen LogP contribution in [0.1, 0.15) is 32.3 Å². The summed E-state index contributed by atoms with van der Waals surface area (Å²) in [6.07, 6.45) is 0.175. The highest BCUT2D eigenvalue weighted by Crippen LogP contribution is 2.35. The highest BCUT2D eigenvalue weighted by atomic mass is 16.5. The molecule has 2 atom stereocenters. The Balaban J connectivity index is 1.46. The van der Waals surface area contributed by atoms with Crippen LogP contribution in [0.2, 0.25) is 0 Å². The molecule has 8 nitrogen and oxygen atoms in total. The Bertz CT molecular complexity index is 987. The molecule has 0 unspecified atom stereocenters. The molecule has 8 heteroatoms. The van der Waals surface area contributed by atoms with Gasteiger partial charge in [-0.05, 0) is 32.9 Å². The molecule has 31 heavy (non-hydrogen) atoms. The van der Waals surface area contributed by atoms with E-state index in [1.54, 1.807) is 18.7 Å². The van der Waals surface area contributed by atoms with Gasteiger partial charge >= 0.3 is 0 Å². The first-order chi connectivity index (χ1) is 14.9. The van der Waals surface area contributed by atoms with Crippen molar-refractivity contribution < 1.29 is 14.3 Å². The van der Waals surface area contributed by atoms with Crippen molar-refractivity contribution in [3.8, 4) is 5.75 Å². The number of ether oxygens (including phenoxy) is 1. The van der Waals surface area contributed by atoms with Crippen LogP contribution in [0.25, 0.3) is 0 Å². The molecular weight excluding hydrogens is 394 g/mol. The predicted octanol–water partition coefficient (Wildman–Crippen LogP) is 2.20. The summed E-state index contributed by atoms with van der Waals surface area (Å²) in [6.45, 7) is 10.1. The fourth-order valence-corrected chi connectivity index (χ4v) is 4.17. The minimum absolute atomic E-state index is 0.0509. The first kappa shape index (κ1) is 21.1. The molecule has 4 rings (SSSR count). The molecule has 2 amide bonds. The summed E-state index contributed by atoms with van der Waals surface area (Å²) >= 11 is 0. The zero-order valence-corrected chi connectivity index (χ0v) is 18.5. The maximum atomic E-state index is 13.3. The van der Waals surface area contributed by atoms with Crippen LogP contribution in [0, 0.1) is 6.92 Å². The van der Waals surface area contributed by atoms with E-state index in [9.17, 15) is 9.59 Å². The van der Waals surface area contributed by atoms with E-state index in [1.165, 1.54) is 0 Å². The largest absolute Gasteiger partial charge is 0.479 e. The molecular formula is C23H29N5O3. The minimum Gasteiger partial charge on any atom is -0.479 e. The van der Waals surface area contributed by atoms with Gasteiger partial charge in [0.15, 0.2) is 6.10 Å². The monoisotopic (exact) mass is 423 g/mol. The van der Waals surface area contributed by atoms with Crippen molar-refractivity contribution >= 4 is 23.3 Å². The van der Waals surface area contributed by atoms with Crippen molar-refractivity contribution in [2.45, 2.75) is 46.3 Å². The number of aryl methyl sites for hydroxylation is 2. The lowest BCUT2D eigenvalue weighted by Gasteiger charge is -2.40. The fourth-order valence-electron chi connectivity index (χ4n) is 4.17. The third-order valence-electron chi connectivity index (χ3n) is 5.88. The molecule has 1 aromatic carbocycles. The number of aromatic nitrogens is 2. The van der Waals surface area contributed by atoms with E-state index in [0.717, 1.165) is 23.8 Å². The molecule has 2 aliphatic rings. The van der Waals surface area contributed by atoms with Crippen molar-refractivity contribution in [1.82, 2.24) is 14.9 Å². The number of piperazine rings is 1. The Kier molecular flexibility index (Phi) is 5.80. The molecule has 0 radical (unpaired) electrons. The van der Waals surface area contributed by atoms with Crippen molar-refractivity contribution in [1.29, 1.82) is 0 Å². The summed E-state index contributed by atoms with van der Waals surface area (Å²) in [7, 11) is 0.